The van der Waals surface area contributed by atoms with Crippen molar-refractivity contribution >= 4 is 33.9 Å². The summed E-state index contributed by atoms with van der Waals surface area (Å²) in [5.74, 6) is -0.290. The van der Waals surface area contributed by atoms with Gasteiger partial charge in [0.1, 0.15) is 35.9 Å². The van der Waals surface area contributed by atoms with Gasteiger partial charge in [-0.15, -0.1) is 0 Å². The van der Waals surface area contributed by atoms with Crippen LogP contribution in [-0.4, -0.2) is 92.6 Å². The van der Waals surface area contributed by atoms with Crippen molar-refractivity contribution in [2.75, 3.05) is 39.4 Å². The molecule has 0 N–H and O–H groups in total. The van der Waals surface area contributed by atoms with Gasteiger partial charge in [0.05, 0.1) is 11.3 Å². The van der Waals surface area contributed by atoms with E-state index in [1.165, 1.54) is 12.1 Å². The predicted molar refractivity (Wildman–Crippen MR) is 208 cm³/mol. The van der Waals surface area contributed by atoms with Crippen LogP contribution in [0.2, 0.25) is 0 Å². The maximum Gasteiger partial charge on any atom is 0.410 e. The van der Waals surface area contributed by atoms with E-state index in [1.54, 1.807) is 62.1 Å². The fourth-order valence-electron chi connectivity index (χ4n) is 6.90. The number of ether oxygens (including phenoxy) is 3. The minimum absolute atomic E-state index is 0.00544. The van der Waals surface area contributed by atoms with Gasteiger partial charge in [0.2, 0.25) is 5.91 Å². The molecular weight excluding hydrogens is 725 g/mol. The van der Waals surface area contributed by atoms with Gasteiger partial charge in [0, 0.05) is 50.9 Å². The van der Waals surface area contributed by atoms with E-state index in [4.69, 9.17) is 18.4 Å². The molecule has 2 amide bonds. The van der Waals surface area contributed by atoms with Crippen molar-refractivity contribution in [2.24, 2.45) is 11.8 Å². The Morgan fingerprint density at radius 2 is 1.42 bits per heavy atom. The van der Waals surface area contributed by atoms with Crippen LogP contribution in [0.3, 0.4) is 0 Å². The summed E-state index contributed by atoms with van der Waals surface area (Å²) in [6.07, 6.45) is 4.05. The summed E-state index contributed by atoms with van der Waals surface area (Å²) in [4.78, 5) is 56.2. The lowest BCUT2D eigenvalue weighted by atomic mass is 9.84. The Bertz CT molecular complexity index is 1700. The van der Waals surface area contributed by atoms with Crippen molar-refractivity contribution in [3.05, 3.63) is 59.7 Å². The van der Waals surface area contributed by atoms with Gasteiger partial charge < -0.3 is 24.0 Å². The van der Waals surface area contributed by atoms with Crippen LogP contribution < -0.4 is 4.74 Å². The third-order valence-electron chi connectivity index (χ3n) is 9.79. The lowest BCUT2D eigenvalue weighted by Gasteiger charge is -2.35. The number of carbonyl (C=O) groups excluding carboxylic acids is 4. The predicted octanol–water partition coefficient (Wildman–Crippen LogP) is 7.22. The smallest absolute Gasteiger partial charge is 0.410 e. The van der Waals surface area contributed by atoms with Crippen LogP contribution in [0.1, 0.15) is 110 Å². The molecular formula is C42H60N2O10S. The summed E-state index contributed by atoms with van der Waals surface area (Å²) in [6, 6.07) is 13.4. The van der Waals surface area contributed by atoms with Crippen LogP contribution in [-0.2, 0) is 38.2 Å². The normalized spacial score (nSPS) is 17.7. The van der Waals surface area contributed by atoms with Gasteiger partial charge in [-0.05, 0) is 116 Å². The number of rotatable bonds is 15. The molecule has 0 bridgehead atoms. The Hall–Kier alpha value is -3.97. The second kappa shape index (κ2) is 19.3. The number of piperidine rings is 2. The first-order valence-electron chi connectivity index (χ1n) is 19.5. The highest BCUT2D eigenvalue weighted by Crippen LogP contribution is 2.31. The Balaban J connectivity index is 1.29. The van der Waals surface area contributed by atoms with Crippen molar-refractivity contribution in [3.8, 4) is 5.75 Å². The summed E-state index contributed by atoms with van der Waals surface area (Å²) in [5.41, 5.74) is 0.489. The number of nitrogens with zero attached hydrogens (tertiary/aromatic N) is 2. The molecule has 0 aliphatic carbocycles. The zero-order valence-corrected chi connectivity index (χ0v) is 34.5. The van der Waals surface area contributed by atoms with Gasteiger partial charge in [0.15, 0.2) is 0 Å². The number of esters is 1. The van der Waals surface area contributed by atoms with E-state index in [9.17, 15) is 27.6 Å². The van der Waals surface area contributed by atoms with Crippen LogP contribution in [0.15, 0.2) is 53.4 Å². The molecule has 2 aliphatic rings. The van der Waals surface area contributed by atoms with Gasteiger partial charge in [-0.25, -0.2) is 4.79 Å². The highest BCUT2D eigenvalue weighted by Gasteiger charge is 2.32. The van der Waals surface area contributed by atoms with E-state index in [1.807, 2.05) is 32.6 Å². The van der Waals surface area contributed by atoms with Gasteiger partial charge in [0.25, 0.3) is 10.1 Å². The molecule has 0 spiro atoms. The van der Waals surface area contributed by atoms with Crippen molar-refractivity contribution in [1.82, 2.24) is 9.80 Å². The lowest BCUT2D eigenvalue weighted by molar-refractivity contribution is -0.155. The van der Waals surface area contributed by atoms with Gasteiger partial charge in [-0.1, -0.05) is 29.8 Å². The summed E-state index contributed by atoms with van der Waals surface area (Å²) in [5, 5.41) is 0. The quantitative estimate of drug-likeness (QED) is 0.103. The average molecular weight is 785 g/mol. The van der Waals surface area contributed by atoms with E-state index in [2.05, 4.69) is 0 Å². The zero-order valence-electron chi connectivity index (χ0n) is 33.6. The number of hydrogen-bond acceptors (Lipinski definition) is 10. The molecule has 55 heavy (non-hydrogen) atoms. The molecule has 2 heterocycles. The number of carbonyl (C=O) groups is 4. The monoisotopic (exact) mass is 784 g/mol. The molecule has 2 saturated heterocycles. The minimum Gasteiger partial charge on any atom is -0.491 e. The standard InChI is InChI=1S/C42H60N2O10S/c1-30-10-17-36(18-11-30)55(49,50)52-26-25-51-35-15-13-32(14-16-35)34(28-39(47)53-41(2,3)4)27-37(45)33-9-8-22-44(29-33)38(46)19-12-31-20-23-43(24-21-31)40(48)54-42(5,6)7/h10-11,13-18,31,33-34H,8-9,12,19-29H2,1-7H3/t33-,34+/m1/s1. The van der Waals surface area contributed by atoms with Crippen LogP contribution in [0.5, 0.6) is 5.75 Å². The first-order valence-corrected chi connectivity index (χ1v) is 20.9. The molecule has 304 valence electrons. The molecule has 12 nitrogen and oxygen atoms in total. The largest absolute Gasteiger partial charge is 0.491 e. The second-order valence-corrected chi connectivity index (χ2v) is 18.4. The molecule has 0 unspecified atom stereocenters. The number of amides is 2. The molecule has 0 saturated carbocycles. The molecule has 0 radical (unpaired) electrons. The third-order valence-corrected chi connectivity index (χ3v) is 11.1. The van der Waals surface area contributed by atoms with Crippen LogP contribution in [0.4, 0.5) is 4.79 Å². The topological polar surface area (TPSA) is 146 Å². The highest BCUT2D eigenvalue weighted by atomic mass is 32.2. The van der Waals surface area contributed by atoms with Gasteiger partial charge in [-0.2, -0.15) is 8.42 Å². The number of aryl methyl sites for hydroxylation is 1. The Kier molecular flexibility index (Phi) is 15.3. The Morgan fingerprint density at radius 3 is 2.04 bits per heavy atom. The van der Waals surface area contributed by atoms with Gasteiger partial charge >= 0.3 is 12.1 Å². The maximum absolute atomic E-state index is 13.8. The van der Waals surface area contributed by atoms with Gasteiger partial charge in [-0.3, -0.25) is 18.6 Å². The molecule has 2 aromatic carbocycles. The van der Waals surface area contributed by atoms with Crippen molar-refractivity contribution < 1.29 is 46.0 Å². The summed E-state index contributed by atoms with van der Waals surface area (Å²) >= 11 is 0. The third kappa shape index (κ3) is 14.6. The highest BCUT2D eigenvalue weighted by molar-refractivity contribution is 7.86. The molecule has 4 rings (SSSR count). The molecule has 13 heteroatoms. The van der Waals surface area contributed by atoms with Crippen LogP contribution >= 0.6 is 0 Å². The van der Waals surface area contributed by atoms with Crippen molar-refractivity contribution in [1.29, 1.82) is 0 Å². The molecule has 2 aliphatic heterocycles. The minimum atomic E-state index is -3.91. The maximum atomic E-state index is 13.8. The van der Waals surface area contributed by atoms with E-state index in [0.29, 0.717) is 50.7 Å². The van der Waals surface area contributed by atoms with Crippen molar-refractivity contribution in [2.45, 2.75) is 122 Å². The fourth-order valence-corrected chi connectivity index (χ4v) is 7.79. The number of ketones is 1. The van der Waals surface area contributed by atoms with E-state index < -0.39 is 33.2 Å². The summed E-state index contributed by atoms with van der Waals surface area (Å²) in [7, 11) is -3.91. The molecule has 0 aromatic heterocycles. The van der Waals surface area contributed by atoms with Crippen LogP contribution in [0.25, 0.3) is 0 Å². The number of likely N-dealkylation sites (tertiary alicyclic amines) is 2. The van der Waals surface area contributed by atoms with Crippen molar-refractivity contribution in [3.63, 3.8) is 0 Å². The first-order chi connectivity index (χ1) is 25.8. The second-order valence-electron chi connectivity index (χ2n) is 16.8. The first kappa shape index (κ1) is 43.8. The fraction of sp³-hybridized carbons (Fsp3) is 0.619. The Labute approximate surface area is 327 Å². The lowest BCUT2D eigenvalue weighted by Crippen LogP contribution is -2.43. The number of hydrogen-bond donors (Lipinski definition) is 0. The SMILES string of the molecule is Cc1ccc(S(=O)(=O)OCCOc2ccc([C@H](CC(=O)OC(C)(C)C)CC(=O)[C@@H]3CCCN(C(=O)CCC4CCN(C(=O)OC(C)(C)C)CC4)C3)cc2)cc1. The molecule has 2 fully saturated rings. The van der Waals surface area contributed by atoms with E-state index in [-0.39, 0.29) is 54.7 Å². The van der Waals surface area contributed by atoms with E-state index in [0.717, 1.165) is 36.8 Å². The molecule has 2 aromatic rings. The number of Topliss-reactive ketones (excluding diaryl/α,β-unsaturated/α-hetero) is 1. The summed E-state index contributed by atoms with van der Waals surface area (Å²) in [6.45, 7) is 14.9. The summed E-state index contributed by atoms with van der Waals surface area (Å²) < 4.78 is 46.9. The number of benzene rings is 2. The Morgan fingerprint density at radius 1 is 0.782 bits per heavy atom. The zero-order chi connectivity index (χ0) is 40.4. The molecule has 2 atom stereocenters. The van der Waals surface area contributed by atoms with Crippen LogP contribution in [0, 0.1) is 18.8 Å². The van der Waals surface area contributed by atoms with E-state index >= 15 is 0 Å². The average Bonchev–Trinajstić information content (AvgIpc) is 3.11.